The molecule has 2 heteroatoms. The summed E-state index contributed by atoms with van der Waals surface area (Å²) in [5, 5.41) is 2.98. The first-order valence-corrected chi connectivity index (χ1v) is 7.40. The summed E-state index contributed by atoms with van der Waals surface area (Å²) in [4.78, 5) is 1.27. The summed E-state index contributed by atoms with van der Waals surface area (Å²) >= 11 is 7.69. The van der Waals surface area contributed by atoms with Crippen molar-refractivity contribution in [3.05, 3.63) is 70.6 Å². The van der Waals surface area contributed by atoms with Crippen molar-refractivity contribution in [1.82, 2.24) is 0 Å². The zero-order valence-electron chi connectivity index (χ0n) is 10.6. The summed E-state index contributed by atoms with van der Waals surface area (Å²) in [5.74, 6) is 0. The van der Waals surface area contributed by atoms with Crippen LogP contribution in [0.25, 0.3) is 21.6 Å². The van der Waals surface area contributed by atoms with Gasteiger partial charge in [0.1, 0.15) is 0 Å². The van der Waals surface area contributed by atoms with Crippen LogP contribution in [-0.4, -0.2) is 0 Å². The van der Waals surface area contributed by atoms with Crippen molar-refractivity contribution in [3.63, 3.8) is 0 Å². The van der Waals surface area contributed by atoms with Crippen LogP contribution in [0.5, 0.6) is 0 Å². The van der Waals surface area contributed by atoms with Gasteiger partial charge in [-0.1, -0.05) is 53.6 Å². The van der Waals surface area contributed by atoms with Crippen molar-refractivity contribution in [1.29, 1.82) is 0 Å². The maximum absolute atomic E-state index is 5.92. The van der Waals surface area contributed by atoms with Gasteiger partial charge in [-0.15, -0.1) is 11.3 Å². The van der Waals surface area contributed by atoms with Crippen molar-refractivity contribution in [2.24, 2.45) is 0 Å². The van der Waals surface area contributed by atoms with E-state index in [0.29, 0.717) is 0 Å². The average Bonchev–Trinajstić information content (AvgIpc) is 2.89. The minimum Gasteiger partial charge on any atom is -0.143 e. The Balaban J connectivity index is 1.97. The maximum Gasteiger partial charge on any atom is 0.0406 e. The van der Waals surface area contributed by atoms with E-state index < -0.39 is 0 Å². The van der Waals surface area contributed by atoms with Gasteiger partial charge in [0, 0.05) is 9.90 Å². The molecule has 2 aromatic carbocycles. The van der Waals surface area contributed by atoms with Crippen molar-refractivity contribution in [3.8, 4) is 21.6 Å². The molecule has 0 aliphatic carbocycles. The summed E-state index contributed by atoms with van der Waals surface area (Å²) < 4.78 is 0. The predicted molar refractivity (Wildman–Crippen MR) is 84.9 cm³/mol. The van der Waals surface area contributed by atoms with Gasteiger partial charge in [-0.3, -0.25) is 0 Å². The molecule has 0 saturated carbocycles. The monoisotopic (exact) mass is 284 g/mol. The molecule has 3 rings (SSSR count). The number of rotatable bonds is 2. The standard InChI is InChI=1S/C17H13ClS/c1-12-3-2-4-14(9-12)15-10-17(19-11-15)13-5-7-16(18)8-6-13/h2-11H,1H3. The summed E-state index contributed by atoms with van der Waals surface area (Å²) in [6.45, 7) is 2.12. The Morgan fingerprint density at radius 2 is 1.63 bits per heavy atom. The highest BCUT2D eigenvalue weighted by molar-refractivity contribution is 7.14. The van der Waals surface area contributed by atoms with Crippen LogP contribution in [0.4, 0.5) is 0 Å². The van der Waals surface area contributed by atoms with Crippen LogP contribution >= 0.6 is 22.9 Å². The van der Waals surface area contributed by atoms with E-state index in [2.05, 4.69) is 54.8 Å². The Morgan fingerprint density at radius 1 is 0.842 bits per heavy atom. The highest BCUT2D eigenvalue weighted by atomic mass is 35.5. The van der Waals surface area contributed by atoms with Crippen LogP contribution in [-0.2, 0) is 0 Å². The Morgan fingerprint density at radius 3 is 2.37 bits per heavy atom. The molecule has 0 atom stereocenters. The molecule has 1 aromatic heterocycles. The highest BCUT2D eigenvalue weighted by Gasteiger charge is 2.04. The molecule has 3 aromatic rings. The summed E-state index contributed by atoms with van der Waals surface area (Å²) in [6, 6.07) is 18.8. The molecule has 0 aliphatic heterocycles. The third kappa shape index (κ3) is 2.73. The molecule has 0 nitrogen and oxygen atoms in total. The van der Waals surface area contributed by atoms with Crippen molar-refractivity contribution >= 4 is 22.9 Å². The molecule has 1 heterocycles. The molecule has 0 fully saturated rings. The normalized spacial score (nSPS) is 10.6. The Bertz CT molecular complexity index is 695. The lowest BCUT2D eigenvalue weighted by Crippen LogP contribution is -1.76. The maximum atomic E-state index is 5.92. The quantitative estimate of drug-likeness (QED) is 0.538. The molecular formula is C17H13ClS. The van der Waals surface area contributed by atoms with Gasteiger partial charge in [-0.2, -0.15) is 0 Å². The number of halogens is 1. The molecule has 0 amide bonds. The van der Waals surface area contributed by atoms with Gasteiger partial charge in [-0.05, 0) is 47.2 Å². The largest absolute Gasteiger partial charge is 0.143 e. The zero-order valence-corrected chi connectivity index (χ0v) is 12.1. The Kier molecular flexibility index (Phi) is 3.41. The Labute approximate surface area is 122 Å². The molecule has 0 saturated heterocycles. The van der Waals surface area contributed by atoms with Crippen LogP contribution in [0.15, 0.2) is 60.0 Å². The van der Waals surface area contributed by atoms with E-state index in [0.717, 1.165) is 5.02 Å². The average molecular weight is 285 g/mol. The van der Waals surface area contributed by atoms with Crippen LogP contribution in [0.2, 0.25) is 5.02 Å². The van der Waals surface area contributed by atoms with Crippen LogP contribution in [0, 0.1) is 6.92 Å². The fourth-order valence-corrected chi connectivity index (χ4v) is 3.13. The molecule has 19 heavy (non-hydrogen) atoms. The van der Waals surface area contributed by atoms with Gasteiger partial charge in [0.2, 0.25) is 0 Å². The fourth-order valence-electron chi connectivity index (χ4n) is 2.08. The molecule has 94 valence electrons. The molecule has 0 aliphatic rings. The molecule has 0 N–H and O–H groups in total. The lowest BCUT2D eigenvalue weighted by molar-refractivity contribution is 1.47. The lowest BCUT2D eigenvalue weighted by atomic mass is 10.1. The van der Waals surface area contributed by atoms with Gasteiger partial charge in [0.15, 0.2) is 0 Å². The van der Waals surface area contributed by atoms with Gasteiger partial charge < -0.3 is 0 Å². The van der Waals surface area contributed by atoms with E-state index >= 15 is 0 Å². The van der Waals surface area contributed by atoms with Crippen LogP contribution in [0.3, 0.4) is 0 Å². The number of hydrogen-bond acceptors (Lipinski definition) is 1. The first-order chi connectivity index (χ1) is 9.22. The molecular weight excluding hydrogens is 272 g/mol. The third-order valence-electron chi connectivity index (χ3n) is 3.08. The van der Waals surface area contributed by atoms with E-state index in [4.69, 9.17) is 11.6 Å². The number of thiophene rings is 1. The first-order valence-electron chi connectivity index (χ1n) is 6.14. The van der Waals surface area contributed by atoms with Crippen LogP contribution < -0.4 is 0 Å². The minimum atomic E-state index is 0.777. The van der Waals surface area contributed by atoms with Gasteiger partial charge >= 0.3 is 0 Å². The van der Waals surface area contributed by atoms with E-state index in [1.54, 1.807) is 11.3 Å². The van der Waals surface area contributed by atoms with E-state index in [1.165, 1.54) is 27.1 Å². The SMILES string of the molecule is Cc1cccc(-c2csc(-c3ccc(Cl)cc3)c2)c1. The molecule has 0 unspecified atom stereocenters. The predicted octanol–water partition coefficient (Wildman–Crippen LogP) is 6.04. The van der Waals surface area contributed by atoms with Gasteiger partial charge in [-0.25, -0.2) is 0 Å². The summed E-state index contributed by atoms with van der Waals surface area (Å²) in [6.07, 6.45) is 0. The highest BCUT2D eigenvalue weighted by Crippen LogP contribution is 2.33. The van der Waals surface area contributed by atoms with E-state index in [9.17, 15) is 0 Å². The van der Waals surface area contributed by atoms with Crippen molar-refractivity contribution in [2.75, 3.05) is 0 Å². The molecule has 0 bridgehead atoms. The van der Waals surface area contributed by atoms with Gasteiger partial charge in [0.25, 0.3) is 0 Å². The minimum absolute atomic E-state index is 0.777. The third-order valence-corrected chi connectivity index (χ3v) is 4.31. The fraction of sp³-hybridized carbons (Fsp3) is 0.0588. The lowest BCUT2D eigenvalue weighted by Gasteiger charge is -1.99. The smallest absolute Gasteiger partial charge is 0.0406 e. The zero-order chi connectivity index (χ0) is 13.2. The number of benzene rings is 2. The van der Waals surface area contributed by atoms with Crippen molar-refractivity contribution < 1.29 is 0 Å². The second kappa shape index (κ2) is 5.20. The summed E-state index contributed by atoms with van der Waals surface area (Å²) in [7, 11) is 0. The Hall–Kier alpha value is -1.57. The van der Waals surface area contributed by atoms with E-state index in [1.807, 2.05) is 12.1 Å². The second-order valence-corrected chi connectivity index (χ2v) is 5.92. The number of hydrogen-bond donors (Lipinski definition) is 0. The van der Waals surface area contributed by atoms with Gasteiger partial charge in [0.05, 0.1) is 0 Å². The van der Waals surface area contributed by atoms with Crippen molar-refractivity contribution in [2.45, 2.75) is 6.92 Å². The molecule has 0 spiro atoms. The summed E-state index contributed by atoms with van der Waals surface area (Å²) in [5.41, 5.74) is 5.06. The topological polar surface area (TPSA) is 0 Å². The molecule has 0 radical (unpaired) electrons. The van der Waals surface area contributed by atoms with E-state index in [-0.39, 0.29) is 0 Å². The second-order valence-electron chi connectivity index (χ2n) is 4.58. The van der Waals surface area contributed by atoms with Crippen LogP contribution in [0.1, 0.15) is 5.56 Å². The first kappa shape index (κ1) is 12.5. The number of aryl methyl sites for hydroxylation is 1.